The molecule has 2 saturated heterocycles. The SMILES string of the molecule is O=C(C1CSCN1)N1CCC(n2ccnc2)CC1. The van der Waals surface area contributed by atoms with Gasteiger partial charge < -0.3 is 9.47 Å². The summed E-state index contributed by atoms with van der Waals surface area (Å²) in [6, 6.07) is 0.544. The number of nitrogens with one attached hydrogen (secondary N) is 1. The number of likely N-dealkylation sites (tertiary alicyclic amines) is 1. The second-order valence-electron chi connectivity index (χ2n) is 4.84. The molecule has 1 N–H and O–H groups in total. The molecule has 0 aromatic carbocycles. The van der Waals surface area contributed by atoms with E-state index in [-0.39, 0.29) is 11.9 Å². The number of imidazole rings is 1. The molecule has 1 aromatic rings. The molecule has 1 amide bonds. The molecule has 0 saturated carbocycles. The van der Waals surface area contributed by atoms with E-state index in [1.54, 1.807) is 11.8 Å². The third-order valence-corrected chi connectivity index (χ3v) is 4.68. The van der Waals surface area contributed by atoms with E-state index in [1.807, 2.05) is 23.6 Å². The molecule has 98 valence electrons. The summed E-state index contributed by atoms with van der Waals surface area (Å²) < 4.78 is 2.16. The molecule has 0 spiro atoms. The highest BCUT2D eigenvalue weighted by atomic mass is 32.2. The molecule has 3 heterocycles. The van der Waals surface area contributed by atoms with E-state index in [0.29, 0.717) is 6.04 Å². The molecule has 2 aliphatic heterocycles. The number of carbonyl (C=O) groups excluding carboxylic acids is 1. The van der Waals surface area contributed by atoms with Crippen molar-refractivity contribution in [3.05, 3.63) is 18.7 Å². The molecule has 0 radical (unpaired) electrons. The van der Waals surface area contributed by atoms with Crippen LogP contribution in [0.4, 0.5) is 0 Å². The molecule has 1 atom stereocenters. The van der Waals surface area contributed by atoms with Crippen LogP contribution in [-0.4, -0.2) is 51.1 Å². The van der Waals surface area contributed by atoms with Gasteiger partial charge in [0.05, 0.1) is 12.4 Å². The molecule has 18 heavy (non-hydrogen) atoms. The number of hydrogen-bond acceptors (Lipinski definition) is 4. The first-order valence-corrected chi connectivity index (χ1v) is 7.57. The van der Waals surface area contributed by atoms with Crippen molar-refractivity contribution in [2.24, 2.45) is 0 Å². The van der Waals surface area contributed by atoms with E-state index in [0.717, 1.165) is 37.6 Å². The number of rotatable bonds is 2. The van der Waals surface area contributed by atoms with E-state index >= 15 is 0 Å². The van der Waals surface area contributed by atoms with Gasteiger partial charge in [-0.15, -0.1) is 11.8 Å². The highest BCUT2D eigenvalue weighted by Crippen LogP contribution is 2.23. The predicted octanol–water partition coefficient (Wildman–Crippen LogP) is 0.709. The second-order valence-corrected chi connectivity index (χ2v) is 5.87. The fourth-order valence-corrected chi connectivity index (χ4v) is 3.58. The average Bonchev–Trinajstić information content (AvgIpc) is 3.11. The minimum absolute atomic E-state index is 0.0415. The van der Waals surface area contributed by atoms with E-state index in [4.69, 9.17) is 0 Å². The summed E-state index contributed by atoms with van der Waals surface area (Å²) in [4.78, 5) is 18.3. The Hall–Kier alpha value is -1.01. The topological polar surface area (TPSA) is 50.2 Å². The summed E-state index contributed by atoms with van der Waals surface area (Å²) in [6.07, 6.45) is 7.76. The first-order chi connectivity index (χ1) is 8.84. The lowest BCUT2D eigenvalue weighted by Crippen LogP contribution is -2.48. The predicted molar refractivity (Wildman–Crippen MR) is 71.3 cm³/mol. The molecule has 5 nitrogen and oxygen atoms in total. The fourth-order valence-electron chi connectivity index (χ4n) is 2.64. The van der Waals surface area contributed by atoms with Crippen LogP contribution in [0.25, 0.3) is 0 Å². The van der Waals surface area contributed by atoms with Crippen LogP contribution < -0.4 is 5.32 Å². The normalized spacial score (nSPS) is 25.6. The Morgan fingerprint density at radius 2 is 2.22 bits per heavy atom. The number of amides is 1. The molecular formula is C12H18N4OS. The molecule has 0 bridgehead atoms. The Morgan fingerprint density at radius 3 is 2.83 bits per heavy atom. The van der Waals surface area contributed by atoms with Crippen molar-refractivity contribution < 1.29 is 4.79 Å². The zero-order valence-corrected chi connectivity index (χ0v) is 11.1. The molecular weight excluding hydrogens is 248 g/mol. The van der Waals surface area contributed by atoms with Crippen molar-refractivity contribution in [3.8, 4) is 0 Å². The molecule has 2 aliphatic rings. The Labute approximate surface area is 111 Å². The summed E-state index contributed by atoms with van der Waals surface area (Å²) in [6.45, 7) is 1.73. The van der Waals surface area contributed by atoms with Crippen LogP contribution in [0.3, 0.4) is 0 Å². The van der Waals surface area contributed by atoms with Gasteiger partial charge in [0.25, 0.3) is 0 Å². The summed E-state index contributed by atoms with van der Waals surface area (Å²) in [7, 11) is 0. The molecule has 2 fully saturated rings. The fraction of sp³-hybridized carbons (Fsp3) is 0.667. The van der Waals surface area contributed by atoms with Crippen LogP contribution in [0.5, 0.6) is 0 Å². The standard InChI is InChI=1S/C12H18N4OS/c17-12(11-7-18-9-14-11)15-4-1-10(2-5-15)16-6-3-13-8-16/h3,6,8,10-11,14H,1-2,4-5,7,9H2. The van der Waals surface area contributed by atoms with Gasteiger partial charge in [-0.25, -0.2) is 4.98 Å². The minimum Gasteiger partial charge on any atom is -0.341 e. The Balaban J connectivity index is 1.55. The van der Waals surface area contributed by atoms with Crippen molar-refractivity contribution >= 4 is 17.7 Å². The number of aromatic nitrogens is 2. The monoisotopic (exact) mass is 266 g/mol. The molecule has 0 aliphatic carbocycles. The minimum atomic E-state index is 0.0415. The summed E-state index contributed by atoms with van der Waals surface area (Å²) in [5.41, 5.74) is 0. The first-order valence-electron chi connectivity index (χ1n) is 6.42. The number of piperidine rings is 1. The lowest BCUT2D eigenvalue weighted by molar-refractivity contribution is -0.133. The van der Waals surface area contributed by atoms with E-state index in [9.17, 15) is 4.79 Å². The van der Waals surface area contributed by atoms with Gasteiger partial charge in [-0.2, -0.15) is 0 Å². The van der Waals surface area contributed by atoms with Gasteiger partial charge in [-0.1, -0.05) is 0 Å². The van der Waals surface area contributed by atoms with Crippen molar-refractivity contribution in [1.82, 2.24) is 19.8 Å². The van der Waals surface area contributed by atoms with Gasteiger partial charge in [-0.05, 0) is 12.8 Å². The average molecular weight is 266 g/mol. The molecule has 3 rings (SSSR count). The van der Waals surface area contributed by atoms with Gasteiger partial charge in [0.2, 0.25) is 5.91 Å². The zero-order chi connectivity index (χ0) is 12.4. The van der Waals surface area contributed by atoms with Gasteiger partial charge >= 0.3 is 0 Å². The van der Waals surface area contributed by atoms with Crippen LogP contribution in [-0.2, 0) is 4.79 Å². The van der Waals surface area contributed by atoms with Gasteiger partial charge in [-0.3, -0.25) is 10.1 Å². The van der Waals surface area contributed by atoms with Gasteiger partial charge in [0.1, 0.15) is 0 Å². The van der Waals surface area contributed by atoms with Crippen molar-refractivity contribution in [2.75, 3.05) is 24.7 Å². The maximum Gasteiger partial charge on any atom is 0.240 e. The van der Waals surface area contributed by atoms with Crippen molar-refractivity contribution in [2.45, 2.75) is 24.9 Å². The van der Waals surface area contributed by atoms with Crippen LogP contribution >= 0.6 is 11.8 Å². The Morgan fingerprint density at radius 1 is 1.39 bits per heavy atom. The molecule has 1 aromatic heterocycles. The smallest absolute Gasteiger partial charge is 0.240 e. The summed E-state index contributed by atoms with van der Waals surface area (Å²) in [5.74, 6) is 2.10. The summed E-state index contributed by atoms with van der Waals surface area (Å²) >= 11 is 1.80. The van der Waals surface area contributed by atoms with Crippen molar-refractivity contribution in [3.63, 3.8) is 0 Å². The van der Waals surface area contributed by atoms with Crippen LogP contribution in [0.1, 0.15) is 18.9 Å². The van der Waals surface area contributed by atoms with Crippen LogP contribution in [0, 0.1) is 0 Å². The van der Waals surface area contributed by atoms with E-state index in [1.165, 1.54) is 0 Å². The lowest BCUT2D eigenvalue weighted by atomic mass is 10.0. The van der Waals surface area contributed by atoms with Gasteiger partial charge in [0.15, 0.2) is 0 Å². The Kier molecular flexibility index (Phi) is 3.56. The van der Waals surface area contributed by atoms with E-state index in [2.05, 4.69) is 14.9 Å². The third kappa shape index (κ3) is 2.40. The first kappa shape index (κ1) is 12.0. The lowest BCUT2D eigenvalue weighted by Gasteiger charge is -2.33. The van der Waals surface area contributed by atoms with Crippen LogP contribution in [0.15, 0.2) is 18.7 Å². The summed E-state index contributed by atoms with van der Waals surface area (Å²) in [5, 5.41) is 3.25. The number of thioether (sulfide) groups is 1. The second kappa shape index (κ2) is 5.32. The molecule has 6 heteroatoms. The number of carbonyl (C=O) groups is 1. The maximum atomic E-state index is 12.2. The van der Waals surface area contributed by atoms with Gasteiger partial charge in [0, 0.05) is 43.2 Å². The number of nitrogens with zero attached hydrogens (tertiary/aromatic N) is 3. The highest BCUT2D eigenvalue weighted by molar-refractivity contribution is 7.99. The highest BCUT2D eigenvalue weighted by Gasteiger charge is 2.30. The maximum absolute atomic E-state index is 12.2. The van der Waals surface area contributed by atoms with E-state index < -0.39 is 0 Å². The van der Waals surface area contributed by atoms with Crippen molar-refractivity contribution in [1.29, 1.82) is 0 Å². The quantitative estimate of drug-likeness (QED) is 0.856. The Bertz CT molecular complexity index is 394. The largest absolute Gasteiger partial charge is 0.341 e. The number of hydrogen-bond donors (Lipinski definition) is 1. The zero-order valence-electron chi connectivity index (χ0n) is 10.3. The van der Waals surface area contributed by atoms with Crippen LogP contribution in [0.2, 0.25) is 0 Å². The third-order valence-electron chi connectivity index (χ3n) is 3.74. The molecule has 1 unspecified atom stereocenters.